The number of rotatable bonds is 1. The van der Waals surface area contributed by atoms with Gasteiger partial charge >= 0.3 is 0 Å². The van der Waals surface area contributed by atoms with Gasteiger partial charge in [0, 0.05) is 35.1 Å². The maximum absolute atomic E-state index is 12.6. The van der Waals surface area contributed by atoms with Crippen LogP contribution in [-0.2, 0) is 13.6 Å². The first kappa shape index (κ1) is 17.6. The second-order valence-corrected chi connectivity index (χ2v) is 7.68. The van der Waals surface area contributed by atoms with Crippen molar-refractivity contribution in [2.45, 2.75) is 6.54 Å². The van der Waals surface area contributed by atoms with Gasteiger partial charge in [-0.2, -0.15) is 15.5 Å². The van der Waals surface area contributed by atoms with E-state index in [1.54, 1.807) is 4.68 Å². The monoisotopic (exact) mass is 404 g/mol. The summed E-state index contributed by atoms with van der Waals surface area (Å²) in [4.78, 5) is 12.6. The molecule has 7 heteroatoms. The number of nitrogens with zero attached hydrogens (tertiary/aromatic N) is 4. The summed E-state index contributed by atoms with van der Waals surface area (Å²) in [5.41, 5.74) is 7.73. The molecule has 0 spiro atoms. The fourth-order valence-corrected chi connectivity index (χ4v) is 4.72. The minimum Gasteiger partial charge on any atom is -0.325 e. The molecule has 0 radical (unpaired) electrons. The number of H-pyrrole nitrogens is 1. The Morgan fingerprint density at radius 1 is 1.03 bits per heavy atom. The van der Waals surface area contributed by atoms with Crippen LogP contribution in [0.4, 0.5) is 0 Å². The van der Waals surface area contributed by atoms with Crippen molar-refractivity contribution in [3.8, 4) is 6.07 Å². The fourth-order valence-electron chi connectivity index (χ4n) is 4.72. The standard InChI is InChI=1S/C24H16N6O/c1-30-23-20(11-27-30)15-7-16-18(24(31)29-28-21(16)10-26)8-14(15)17-6-12-4-2-3-5-13(12)19(9-25)22(17)23/h2-8,11H,10,26H2,1H3,(H,29,31). The molecule has 7 nitrogen and oxygen atoms in total. The van der Waals surface area contributed by atoms with Crippen LogP contribution in [0.5, 0.6) is 0 Å². The van der Waals surface area contributed by atoms with Crippen LogP contribution in [0.1, 0.15) is 11.3 Å². The molecule has 0 amide bonds. The van der Waals surface area contributed by atoms with Gasteiger partial charge in [-0.1, -0.05) is 24.3 Å². The molecule has 2 heterocycles. The van der Waals surface area contributed by atoms with Gasteiger partial charge in [0.05, 0.1) is 28.4 Å². The molecule has 0 saturated carbocycles. The zero-order valence-electron chi connectivity index (χ0n) is 16.6. The summed E-state index contributed by atoms with van der Waals surface area (Å²) in [6.07, 6.45) is 1.81. The van der Waals surface area contributed by atoms with Gasteiger partial charge in [0.1, 0.15) is 6.07 Å². The van der Waals surface area contributed by atoms with Crippen LogP contribution >= 0.6 is 0 Å². The smallest absolute Gasteiger partial charge is 0.272 e. The van der Waals surface area contributed by atoms with E-state index < -0.39 is 0 Å². The number of fused-ring (bicyclic) bond motifs is 8. The number of aryl methyl sites for hydroxylation is 1. The van der Waals surface area contributed by atoms with E-state index in [9.17, 15) is 10.1 Å². The second kappa shape index (κ2) is 6.11. The van der Waals surface area contributed by atoms with Crippen LogP contribution < -0.4 is 11.3 Å². The van der Waals surface area contributed by atoms with Gasteiger partial charge in [-0.25, -0.2) is 5.10 Å². The molecule has 148 valence electrons. The Labute approximate surface area is 175 Å². The van der Waals surface area contributed by atoms with Crippen molar-refractivity contribution in [2.75, 3.05) is 0 Å². The summed E-state index contributed by atoms with van der Waals surface area (Å²) in [7, 11) is 1.88. The molecule has 6 aromatic rings. The number of benzene rings is 4. The maximum atomic E-state index is 12.6. The van der Waals surface area contributed by atoms with Gasteiger partial charge in [0.15, 0.2) is 0 Å². The summed E-state index contributed by atoms with van der Waals surface area (Å²) in [6.45, 7) is 0.214. The van der Waals surface area contributed by atoms with Crippen LogP contribution in [0.2, 0.25) is 0 Å². The molecule has 31 heavy (non-hydrogen) atoms. The largest absolute Gasteiger partial charge is 0.325 e. The van der Waals surface area contributed by atoms with Crippen LogP contribution in [-0.4, -0.2) is 20.0 Å². The maximum Gasteiger partial charge on any atom is 0.272 e. The summed E-state index contributed by atoms with van der Waals surface area (Å²) in [5.74, 6) is 0. The summed E-state index contributed by atoms with van der Waals surface area (Å²) >= 11 is 0. The minimum absolute atomic E-state index is 0.214. The Balaban J connectivity index is 2.00. The van der Waals surface area contributed by atoms with Crippen LogP contribution in [0.3, 0.4) is 0 Å². The highest BCUT2D eigenvalue weighted by Crippen LogP contribution is 2.40. The van der Waals surface area contributed by atoms with Crippen molar-refractivity contribution in [2.24, 2.45) is 12.8 Å². The molecule has 0 aliphatic rings. The van der Waals surface area contributed by atoms with Crippen LogP contribution in [0.25, 0.3) is 54.0 Å². The molecule has 0 aliphatic heterocycles. The van der Waals surface area contributed by atoms with E-state index in [1.807, 2.05) is 49.6 Å². The van der Waals surface area contributed by atoms with Crippen molar-refractivity contribution < 1.29 is 0 Å². The van der Waals surface area contributed by atoms with Gasteiger partial charge in [0.2, 0.25) is 0 Å². The molecular weight excluding hydrogens is 388 g/mol. The summed E-state index contributed by atoms with van der Waals surface area (Å²) in [5, 5.41) is 28.9. The average molecular weight is 404 g/mol. The Morgan fingerprint density at radius 3 is 2.61 bits per heavy atom. The lowest BCUT2D eigenvalue weighted by Gasteiger charge is -2.13. The highest BCUT2D eigenvalue weighted by atomic mass is 16.1. The van der Waals surface area contributed by atoms with Crippen molar-refractivity contribution in [3.63, 3.8) is 0 Å². The normalized spacial score (nSPS) is 11.8. The topological polar surface area (TPSA) is 113 Å². The third-order valence-electron chi connectivity index (χ3n) is 6.12. The number of hydrogen-bond donors (Lipinski definition) is 2. The van der Waals surface area contributed by atoms with E-state index in [4.69, 9.17) is 5.73 Å². The molecule has 0 atom stereocenters. The first-order chi connectivity index (χ1) is 15.1. The minimum atomic E-state index is -0.269. The zero-order chi connectivity index (χ0) is 21.3. The number of aromatic amines is 1. The van der Waals surface area contributed by atoms with E-state index in [0.29, 0.717) is 16.6 Å². The highest BCUT2D eigenvalue weighted by molar-refractivity contribution is 6.29. The average Bonchev–Trinajstić information content (AvgIpc) is 3.19. The van der Waals surface area contributed by atoms with E-state index in [1.165, 1.54) is 0 Å². The Kier molecular flexibility index (Phi) is 3.46. The van der Waals surface area contributed by atoms with E-state index in [0.717, 1.165) is 48.6 Å². The molecule has 2 aromatic heterocycles. The van der Waals surface area contributed by atoms with E-state index in [-0.39, 0.29) is 12.1 Å². The number of nitrogens with one attached hydrogen (secondary N) is 1. The quantitative estimate of drug-likeness (QED) is 0.321. The lowest BCUT2D eigenvalue weighted by molar-refractivity contribution is 0.799. The van der Waals surface area contributed by atoms with Gasteiger partial charge < -0.3 is 5.73 Å². The third-order valence-corrected chi connectivity index (χ3v) is 6.12. The molecule has 0 saturated heterocycles. The predicted molar refractivity (Wildman–Crippen MR) is 122 cm³/mol. The number of nitriles is 1. The van der Waals surface area contributed by atoms with E-state index >= 15 is 0 Å². The lowest BCUT2D eigenvalue weighted by Crippen LogP contribution is -2.13. The first-order valence-electron chi connectivity index (χ1n) is 9.86. The molecular formula is C24H16N6O. The summed E-state index contributed by atoms with van der Waals surface area (Å²) in [6, 6.07) is 16.2. The molecule has 4 aromatic carbocycles. The molecule has 0 aliphatic carbocycles. The van der Waals surface area contributed by atoms with Crippen molar-refractivity contribution in [1.82, 2.24) is 20.0 Å². The second-order valence-electron chi connectivity index (χ2n) is 7.68. The SMILES string of the molecule is Cn1ncc2c3cc4c(CN)n[nH]c(=O)c4cc3c3cc4ccccc4c(C#N)c3c21. The Hall–Kier alpha value is -4.28. The van der Waals surface area contributed by atoms with E-state index in [2.05, 4.69) is 27.4 Å². The number of hydrogen-bond acceptors (Lipinski definition) is 5. The van der Waals surface area contributed by atoms with Gasteiger partial charge in [0.25, 0.3) is 5.56 Å². The highest BCUT2D eigenvalue weighted by Gasteiger charge is 2.19. The van der Waals surface area contributed by atoms with Crippen LogP contribution in [0, 0.1) is 11.3 Å². The molecule has 3 N–H and O–H groups in total. The van der Waals surface area contributed by atoms with Crippen molar-refractivity contribution in [3.05, 3.63) is 70.3 Å². The first-order valence-corrected chi connectivity index (χ1v) is 9.86. The Bertz CT molecular complexity index is 1820. The molecule has 6 rings (SSSR count). The zero-order valence-corrected chi connectivity index (χ0v) is 16.6. The van der Waals surface area contributed by atoms with Gasteiger partial charge in [-0.3, -0.25) is 9.48 Å². The number of aromatic nitrogens is 4. The van der Waals surface area contributed by atoms with Crippen LogP contribution in [0.15, 0.2) is 53.5 Å². The van der Waals surface area contributed by atoms with Gasteiger partial charge in [-0.05, 0) is 39.7 Å². The third kappa shape index (κ3) is 2.22. The molecule has 0 unspecified atom stereocenters. The fraction of sp³-hybridized carbons (Fsp3) is 0.0833. The molecule has 0 fully saturated rings. The Morgan fingerprint density at radius 2 is 1.81 bits per heavy atom. The summed E-state index contributed by atoms with van der Waals surface area (Å²) < 4.78 is 1.80. The molecule has 0 bridgehead atoms. The predicted octanol–water partition coefficient (Wildman–Crippen LogP) is 3.60. The lowest BCUT2D eigenvalue weighted by atomic mass is 9.90. The van der Waals surface area contributed by atoms with Crippen molar-refractivity contribution >= 4 is 54.0 Å². The number of nitrogens with two attached hydrogens (primary N) is 1. The van der Waals surface area contributed by atoms with Crippen molar-refractivity contribution in [1.29, 1.82) is 5.26 Å². The van der Waals surface area contributed by atoms with Gasteiger partial charge in [-0.15, -0.1) is 0 Å².